The zero-order valence-corrected chi connectivity index (χ0v) is 21.0. The second-order valence-electron chi connectivity index (χ2n) is 8.99. The molecule has 1 aliphatic rings. The van der Waals surface area contributed by atoms with Crippen LogP contribution in [0.3, 0.4) is 0 Å². The maximum absolute atomic E-state index is 14.0. The molecule has 4 rings (SSSR count). The number of aromatic nitrogens is 1. The van der Waals surface area contributed by atoms with Gasteiger partial charge in [-0.1, -0.05) is 57.2 Å². The molecule has 0 saturated carbocycles. The molecule has 0 saturated heterocycles. The van der Waals surface area contributed by atoms with Crippen LogP contribution in [0.15, 0.2) is 53.4 Å². The molecular weight excluding hydrogens is 466 g/mol. The van der Waals surface area contributed by atoms with Crippen LogP contribution in [-0.4, -0.2) is 42.5 Å². The quantitative estimate of drug-likeness (QED) is 0.216. The van der Waals surface area contributed by atoms with Crippen LogP contribution in [0.2, 0.25) is 0 Å². The molecule has 1 aromatic heterocycles. The molecule has 35 heavy (non-hydrogen) atoms. The standard InChI is InChI=1S/C26H33N3O5S/c1-3-4-5-6-9-17-26(25(30)28-31)24-22(21-10-7-8-11-23(21)27-24)16-18-29(26)35(32,33)20-14-12-19(34-2)13-15-20/h7-8,10-15,27,31H,3-6,9,16-18H2,1-2H3,(H,28,30)/t26-/m1/s1. The molecule has 8 nitrogen and oxygen atoms in total. The van der Waals surface area contributed by atoms with Crippen molar-refractivity contribution in [3.63, 3.8) is 0 Å². The Labute approximate surface area is 206 Å². The Morgan fingerprint density at radius 2 is 1.83 bits per heavy atom. The van der Waals surface area contributed by atoms with Gasteiger partial charge in [-0.3, -0.25) is 10.0 Å². The van der Waals surface area contributed by atoms with E-state index in [0.717, 1.165) is 42.1 Å². The molecule has 1 amide bonds. The van der Waals surface area contributed by atoms with Gasteiger partial charge in [-0.05, 0) is 48.7 Å². The van der Waals surface area contributed by atoms with E-state index in [-0.39, 0.29) is 17.9 Å². The van der Waals surface area contributed by atoms with Crippen molar-refractivity contribution in [2.24, 2.45) is 0 Å². The van der Waals surface area contributed by atoms with Crippen LogP contribution in [0.1, 0.15) is 56.7 Å². The molecule has 0 aliphatic carbocycles. The Hall–Kier alpha value is -2.88. The Kier molecular flexibility index (Phi) is 7.49. The average molecular weight is 500 g/mol. The van der Waals surface area contributed by atoms with E-state index in [1.807, 2.05) is 24.3 Å². The van der Waals surface area contributed by atoms with Crippen molar-refractivity contribution in [3.8, 4) is 5.75 Å². The van der Waals surface area contributed by atoms with Crippen LogP contribution in [0.25, 0.3) is 10.9 Å². The number of carbonyl (C=O) groups is 1. The number of hydroxylamine groups is 1. The lowest BCUT2D eigenvalue weighted by molar-refractivity contribution is -0.141. The van der Waals surface area contributed by atoms with Crippen LogP contribution in [-0.2, 0) is 26.8 Å². The molecule has 2 heterocycles. The molecule has 1 aliphatic heterocycles. The molecule has 0 unspecified atom stereocenters. The van der Waals surface area contributed by atoms with Crippen molar-refractivity contribution in [3.05, 3.63) is 59.8 Å². The van der Waals surface area contributed by atoms with E-state index >= 15 is 0 Å². The van der Waals surface area contributed by atoms with Gasteiger partial charge >= 0.3 is 0 Å². The number of rotatable bonds is 10. The summed E-state index contributed by atoms with van der Waals surface area (Å²) in [5, 5.41) is 10.8. The average Bonchev–Trinajstić information content (AvgIpc) is 3.27. The SMILES string of the molecule is CCCCCCC[C@]1(C(=O)NO)c2[nH]c3ccccc3c2CCN1S(=O)(=O)c1ccc(OC)cc1. The number of methoxy groups -OCH3 is 1. The summed E-state index contributed by atoms with van der Waals surface area (Å²) in [7, 11) is -2.58. The summed E-state index contributed by atoms with van der Waals surface area (Å²) >= 11 is 0. The highest BCUT2D eigenvalue weighted by Crippen LogP contribution is 2.45. The van der Waals surface area contributed by atoms with Crippen molar-refractivity contribution in [1.29, 1.82) is 0 Å². The van der Waals surface area contributed by atoms with E-state index in [1.54, 1.807) is 17.6 Å². The molecule has 2 aromatic carbocycles. The minimum Gasteiger partial charge on any atom is -0.497 e. The predicted octanol–water partition coefficient (Wildman–Crippen LogP) is 4.48. The predicted molar refractivity (Wildman–Crippen MR) is 134 cm³/mol. The zero-order chi connectivity index (χ0) is 25.1. The van der Waals surface area contributed by atoms with Gasteiger partial charge in [0.2, 0.25) is 10.0 Å². The number of sulfonamides is 1. The van der Waals surface area contributed by atoms with Crippen molar-refractivity contribution >= 4 is 26.8 Å². The summed E-state index contributed by atoms with van der Waals surface area (Å²) in [5.41, 5.74) is 2.48. The molecule has 0 spiro atoms. The first-order valence-corrected chi connectivity index (χ1v) is 13.6. The van der Waals surface area contributed by atoms with Gasteiger partial charge in [0, 0.05) is 17.4 Å². The van der Waals surface area contributed by atoms with Gasteiger partial charge in [0.15, 0.2) is 5.54 Å². The molecule has 1 atom stereocenters. The number of aromatic amines is 1. The molecule has 3 N–H and O–H groups in total. The third kappa shape index (κ3) is 4.44. The van der Waals surface area contributed by atoms with E-state index in [0.29, 0.717) is 24.3 Å². The lowest BCUT2D eigenvalue weighted by Crippen LogP contribution is -2.60. The summed E-state index contributed by atoms with van der Waals surface area (Å²) in [6.45, 7) is 2.24. The van der Waals surface area contributed by atoms with Crippen LogP contribution in [0, 0.1) is 0 Å². The molecule has 3 aromatic rings. The van der Waals surface area contributed by atoms with Crippen LogP contribution >= 0.6 is 0 Å². The number of amides is 1. The van der Waals surface area contributed by atoms with Crippen LogP contribution in [0.5, 0.6) is 5.75 Å². The molecule has 9 heteroatoms. The number of H-pyrrole nitrogens is 1. The number of benzene rings is 2. The Morgan fingerprint density at radius 3 is 2.51 bits per heavy atom. The number of nitrogens with one attached hydrogen (secondary N) is 2. The number of ether oxygens (including phenoxy) is 1. The molecule has 0 fully saturated rings. The van der Waals surface area contributed by atoms with E-state index < -0.39 is 21.5 Å². The molecule has 0 bridgehead atoms. The highest BCUT2D eigenvalue weighted by atomic mass is 32.2. The maximum Gasteiger partial charge on any atom is 0.270 e. The lowest BCUT2D eigenvalue weighted by atomic mass is 9.81. The Bertz CT molecular complexity index is 1290. The monoisotopic (exact) mass is 499 g/mol. The van der Waals surface area contributed by atoms with Crippen molar-refractivity contribution < 1.29 is 23.2 Å². The third-order valence-corrected chi connectivity index (χ3v) is 8.93. The third-order valence-electron chi connectivity index (χ3n) is 6.98. The van der Waals surface area contributed by atoms with Gasteiger partial charge in [0.1, 0.15) is 5.75 Å². The maximum atomic E-state index is 14.0. The molecule has 188 valence electrons. The van der Waals surface area contributed by atoms with E-state index in [9.17, 15) is 18.4 Å². The van der Waals surface area contributed by atoms with E-state index in [4.69, 9.17) is 4.74 Å². The van der Waals surface area contributed by atoms with Crippen LogP contribution < -0.4 is 10.2 Å². The fourth-order valence-corrected chi connectivity index (χ4v) is 6.95. The van der Waals surface area contributed by atoms with Crippen molar-refractivity contribution in [1.82, 2.24) is 14.8 Å². The summed E-state index contributed by atoms with van der Waals surface area (Å²) in [4.78, 5) is 16.9. The minimum atomic E-state index is -4.09. The van der Waals surface area contributed by atoms with Gasteiger partial charge < -0.3 is 9.72 Å². The first-order chi connectivity index (χ1) is 16.9. The van der Waals surface area contributed by atoms with E-state index in [1.165, 1.54) is 23.5 Å². The smallest absolute Gasteiger partial charge is 0.270 e. The highest BCUT2D eigenvalue weighted by Gasteiger charge is 2.55. The second kappa shape index (κ2) is 10.4. The Morgan fingerprint density at radius 1 is 1.11 bits per heavy atom. The number of para-hydroxylation sites is 1. The van der Waals surface area contributed by atoms with Gasteiger partial charge in [0.05, 0.1) is 17.7 Å². The summed E-state index contributed by atoms with van der Waals surface area (Å²) < 4.78 is 34.4. The second-order valence-corrected chi connectivity index (χ2v) is 10.9. The fraction of sp³-hybridized carbons (Fsp3) is 0.423. The largest absolute Gasteiger partial charge is 0.497 e. The number of hydrogen-bond donors (Lipinski definition) is 3. The first kappa shape index (κ1) is 25.2. The van der Waals surface area contributed by atoms with Crippen LogP contribution in [0.4, 0.5) is 0 Å². The lowest BCUT2D eigenvalue weighted by Gasteiger charge is -2.44. The van der Waals surface area contributed by atoms with E-state index in [2.05, 4.69) is 11.9 Å². The summed E-state index contributed by atoms with van der Waals surface area (Å²) in [6, 6.07) is 13.9. The normalized spacial score (nSPS) is 18.4. The van der Waals surface area contributed by atoms with Gasteiger partial charge in [-0.25, -0.2) is 13.9 Å². The molecular formula is C26H33N3O5S. The number of hydrogen-bond acceptors (Lipinski definition) is 5. The number of fused-ring (bicyclic) bond motifs is 3. The van der Waals surface area contributed by atoms with Gasteiger partial charge in [-0.15, -0.1) is 0 Å². The summed E-state index contributed by atoms with van der Waals surface area (Å²) in [5.74, 6) is -0.214. The van der Waals surface area contributed by atoms with Crippen molar-refractivity contribution in [2.75, 3.05) is 13.7 Å². The topological polar surface area (TPSA) is 112 Å². The first-order valence-electron chi connectivity index (χ1n) is 12.1. The zero-order valence-electron chi connectivity index (χ0n) is 20.2. The number of unbranched alkanes of at least 4 members (excludes halogenated alkanes) is 4. The van der Waals surface area contributed by atoms with Gasteiger partial charge in [-0.2, -0.15) is 4.31 Å². The van der Waals surface area contributed by atoms with Crippen molar-refractivity contribution in [2.45, 2.75) is 62.3 Å². The minimum absolute atomic E-state index is 0.0685. The Balaban J connectivity index is 1.87. The number of carbonyl (C=O) groups excluding carboxylic acids is 1. The van der Waals surface area contributed by atoms with Gasteiger partial charge in [0.25, 0.3) is 5.91 Å². The fourth-order valence-electron chi connectivity index (χ4n) is 5.21. The highest BCUT2D eigenvalue weighted by molar-refractivity contribution is 7.89. The summed E-state index contributed by atoms with van der Waals surface area (Å²) in [6.07, 6.45) is 5.34. The number of nitrogens with zero attached hydrogens (tertiary/aromatic N) is 1. The molecule has 0 radical (unpaired) electrons.